The number of carboxylic acids is 1. The van der Waals surface area contributed by atoms with Crippen molar-refractivity contribution in [1.82, 2.24) is 14.8 Å². The lowest BCUT2D eigenvalue weighted by molar-refractivity contribution is -0.137. The van der Waals surface area contributed by atoms with Crippen LogP contribution in [0.5, 0.6) is 5.75 Å². The van der Waals surface area contributed by atoms with Crippen molar-refractivity contribution >= 4 is 28.6 Å². The van der Waals surface area contributed by atoms with E-state index in [4.69, 9.17) is 16.7 Å². The molecular formula is C15H12ClN3O3. The molecule has 0 spiro atoms. The number of halogens is 1. The van der Waals surface area contributed by atoms with Crippen LogP contribution in [0.3, 0.4) is 0 Å². The van der Waals surface area contributed by atoms with Crippen molar-refractivity contribution in [2.24, 2.45) is 0 Å². The molecule has 1 aromatic carbocycles. The molecule has 0 saturated heterocycles. The number of aliphatic carboxylic acids is 1. The molecule has 7 heteroatoms. The minimum atomic E-state index is -0.949. The Morgan fingerprint density at radius 2 is 2.09 bits per heavy atom. The summed E-state index contributed by atoms with van der Waals surface area (Å²) in [5.41, 5.74) is 2.33. The number of nitrogens with zero attached hydrogens (tertiary/aromatic N) is 3. The topological polar surface area (TPSA) is 88.2 Å². The second kappa shape index (κ2) is 5.31. The molecule has 0 aliphatic carbocycles. The van der Waals surface area contributed by atoms with E-state index >= 15 is 0 Å². The van der Waals surface area contributed by atoms with Crippen LogP contribution in [0.1, 0.15) is 5.56 Å². The lowest BCUT2D eigenvalue weighted by Crippen LogP contribution is -2.08. The lowest BCUT2D eigenvalue weighted by Gasteiger charge is -2.08. The van der Waals surface area contributed by atoms with Crippen LogP contribution in [0.4, 0.5) is 0 Å². The van der Waals surface area contributed by atoms with Crippen molar-refractivity contribution in [3.8, 4) is 17.0 Å². The molecule has 3 aromatic rings. The Hall–Kier alpha value is -2.60. The summed E-state index contributed by atoms with van der Waals surface area (Å²) in [6.45, 7) is 1.64. The highest BCUT2D eigenvalue weighted by molar-refractivity contribution is 6.31. The zero-order valence-electron chi connectivity index (χ0n) is 11.6. The van der Waals surface area contributed by atoms with E-state index in [1.54, 1.807) is 24.4 Å². The third-order valence-corrected chi connectivity index (χ3v) is 3.57. The van der Waals surface area contributed by atoms with Crippen LogP contribution < -0.4 is 0 Å². The Labute approximate surface area is 130 Å². The molecule has 2 heterocycles. The van der Waals surface area contributed by atoms with E-state index in [0.717, 1.165) is 10.9 Å². The summed E-state index contributed by atoms with van der Waals surface area (Å²) in [4.78, 5) is 10.8. The molecule has 0 amide bonds. The van der Waals surface area contributed by atoms with Gasteiger partial charge in [-0.05, 0) is 36.8 Å². The molecule has 0 aliphatic rings. The number of phenols is 1. The number of aromatic nitrogens is 3. The number of phenolic OH excluding ortho intramolecular Hbond substituents is 1. The molecular weight excluding hydrogens is 306 g/mol. The molecule has 0 unspecified atom stereocenters. The van der Waals surface area contributed by atoms with Gasteiger partial charge in [-0.3, -0.25) is 4.79 Å². The van der Waals surface area contributed by atoms with Crippen molar-refractivity contribution in [3.05, 3.63) is 41.0 Å². The Morgan fingerprint density at radius 1 is 1.32 bits per heavy atom. The lowest BCUT2D eigenvalue weighted by atomic mass is 10.0. The summed E-state index contributed by atoms with van der Waals surface area (Å²) < 4.78 is 1.50. The first-order valence-electron chi connectivity index (χ1n) is 6.49. The molecule has 0 fully saturated rings. The summed E-state index contributed by atoms with van der Waals surface area (Å²) in [5, 5.41) is 28.3. The molecule has 0 bridgehead atoms. The highest BCUT2D eigenvalue weighted by atomic mass is 35.5. The van der Waals surface area contributed by atoms with Gasteiger partial charge in [0.15, 0.2) is 5.65 Å². The van der Waals surface area contributed by atoms with E-state index in [-0.39, 0.29) is 12.3 Å². The van der Waals surface area contributed by atoms with Gasteiger partial charge in [-0.15, -0.1) is 10.2 Å². The number of hydrogen-bond acceptors (Lipinski definition) is 4. The number of aryl methyl sites for hydroxylation is 1. The largest absolute Gasteiger partial charge is 0.507 e. The molecule has 2 N–H and O–H groups in total. The third kappa shape index (κ3) is 2.48. The number of aromatic hydroxyl groups is 1. The molecule has 2 aromatic heterocycles. The van der Waals surface area contributed by atoms with Crippen molar-refractivity contribution < 1.29 is 15.0 Å². The van der Waals surface area contributed by atoms with Crippen LogP contribution in [-0.4, -0.2) is 30.9 Å². The van der Waals surface area contributed by atoms with Crippen molar-refractivity contribution in [1.29, 1.82) is 0 Å². The van der Waals surface area contributed by atoms with Gasteiger partial charge >= 0.3 is 5.97 Å². The maximum atomic E-state index is 10.8. The molecule has 0 atom stereocenters. The average molecular weight is 318 g/mol. The van der Waals surface area contributed by atoms with Crippen LogP contribution in [-0.2, 0) is 11.3 Å². The van der Waals surface area contributed by atoms with Crippen LogP contribution >= 0.6 is 11.6 Å². The Kier molecular flexibility index (Phi) is 3.46. The third-order valence-electron chi connectivity index (χ3n) is 3.35. The van der Waals surface area contributed by atoms with Gasteiger partial charge in [0.1, 0.15) is 12.3 Å². The fourth-order valence-corrected chi connectivity index (χ4v) is 2.71. The highest BCUT2D eigenvalue weighted by Crippen LogP contribution is 2.34. The zero-order chi connectivity index (χ0) is 15.9. The van der Waals surface area contributed by atoms with Gasteiger partial charge in [0.25, 0.3) is 0 Å². The van der Waals surface area contributed by atoms with E-state index in [1.165, 1.54) is 10.6 Å². The number of hydrogen-bond donors (Lipinski definition) is 2. The summed E-state index contributed by atoms with van der Waals surface area (Å²) in [7, 11) is 0. The van der Waals surface area contributed by atoms with E-state index in [2.05, 4.69) is 10.2 Å². The predicted octanol–water partition coefficient (Wildman–Crippen LogP) is 2.85. The van der Waals surface area contributed by atoms with E-state index in [0.29, 0.717) is 21.9 Å². The van der Waals surface area contributed by atoms with Gasteiger partial charge < -0.3 is 14.8 Å². The maximum absolute atomic E-state index is 10.8. The molecule has 0 saturated carbocycles. The number of benzene rings is 1. The summed E-state index contributed by atoms with van der Waals surface area (Å²) in [6.07, 6.45) is 1.64. The normalized spacial score (nSPS) is 11.0. The quantitative estimate of drug-likeness (QED) is 0.775. The van der Waals surface area contributed by atoms with Crippen molar-refractivity contribution in [2.45, 2.75) is 13.5 Å². The van der Waals surface area contributed by atoms with Gasteiger partial charge in [-0.25, -0.2) is 0 Å². The fraction of sp³-hybridized carbons (Fsp3) is 0.133. The standard InChI is InChI=1S/C15H12ClN3O3/c1-8-4-10(16)6-12(20)14(8)11-5-9-2-3-19(7-13(21)22)15(9)18-17-11/h2-6,20H,7H2,1H3,(H,21,22). The number of fused-ring (bicyclic) bond motifs is 1. The molecule has 112 valence electrons. The van der Waals surface area contributed by atoms with Gasteiger partial charge in [0.2, 0.25) is 0 Å². The Balaban J connectivity index is 2.12. The number of carbonyl (C=O) groups is 1. The summed E-state index contributed by atoms with van der Waals surface area (Å²) in [6, 6.07) is 6.71. The van der Waals surface area contributed by atoms with Crippen molar-refractivity contribution in [2.75, 3.05) is 0 Å². The predicted molar refractivity (Wildman–Crippen MR) is 82.0 cm³/mol. The van der Waals surface area contributed by atoms with Crippen LogP contribution in [0.15, 0.2) is 30.5 Å². The number of rotatable bonds is 3. The van der Waals surface area contributed by atoms with Gasteiger partial charge in [0, 0.05) is 22.2 Å². The van der Waals surface area contributed by atoms with Gasteiger partial charge in [0.05, 0.1) is 5.69 Å². The summed E-state index contributed by atoms with van der Waals surface area (Å²) >= 11 is 5.90. The molecule has 22 heavy (non-hydrogen) atoms. The van der Waals surface area contributed by atoms with Crippen molar-refractivity contribution in [3.63, 3.8) is 0 Å². The monoisotopic (exact) mass is 317 g/mol. The molecule has 0 radical (unpaired) electrons. The van der Waals surface area contributed by atoms with E-state index < -0.39 is 5.97 Å². The highest BCUT2D eigenvalue weighted by Gasteiger charge is 2.14. The Bertz CT molecular complexity index is 866. The second-order valence-electron chi connectivity index (χ2n) is 4.96. The summed E-state index contributed by atoms with van der Waals surface area (Å²) in [5.74, 6) is -0.918. The number of carboxylic acid groups (broad SMARTS) is 1. The average Bonchev–Trinajstić information content (AvgIpc) is 2.79. The first-order valence-corrected chi connectivity index (χ1v) is 6.87. The van der Waals surface area contributed by atoms with Gasteiger partial charge in [-0.1, -0.05) is 11.6 Å². The zero-order valence-corrected chi connectivity index (χ0v) is 12.4. The van der Waals surface area contributed by atoms with E-state index in [1.807, 2.05) is 6.92 Å². The second-order valence-corrected chi connectivity index (χ2v) is 5.40. The first-order chi connectivity index (χ1) is 10.5. The maximum Gasteiger partial charge on any atom is 0.323 e. The smallest absolute Gasteiger partial charge is 0.323 e. The van der Waals surface area contributed by atoms with Gasteiger partial charge in [-0.2, -0.15) is 0 Å². The first kappa shape index (κ1) is 14.3. The van der Waals surface area contributed by atoms with Crippen LogP contribution in [0.2, 0.25) is 5.02 Å². The SMILES string of the molecule is Cc1cc(Cl)cc(O)c1-c1cc2ccn(CC(=O)O)c2nn1. The van der Waals surface area contributed by atoms with E-state index in [9.17, 15) is 9.90 Å². The fourth-order valence-electron chi connectivity index (χ4n) is 2.44. The Morgan fingerprint density at radius 3 is 2.77 bits per heavy atom. The molecule has 0 aliphatic heterocycles. The molecule has 3 rings (SSSR count). The van der Waals surface area contributed by atoms with Crippen LogP contribution in [0, 0.1) is 6.92 Å². The van der Waals surface area contributed by atoms with Crippen LogP contribution in [0.25, 0.3) is 22.3 Å². The molecule has 6 nitrogen and oxygen atoms in total. The minimum Gasteiger partial charge on any atom is -0.507 e. The minimum absolute atomic E-state index is 0.0311.